The first-order valence-electron chi connectivity index (χ1n) is 7.79. The average Bonchev–Trinajstić information content (AvgIpc) is 2.61. The first kappa shape index (κ1) is 17.2. The van der Waals surface area contributed by atoms with E-state index in [0.717, 1.165) is 32.1 Å². The summed E-state index contributed by atoms with van der Waals surface area (Å²) in [5.41, 5.74) is 2.14. The number of carbonyl (C=O) groups excluding carboxylic acids is 1. The molecule has 0 saturated heterocycles. The standard InChI is InChI=1S/C21H17BrO3/c1-14(23)25-18-9-5-15(6-10-18)3-4-16-7-11-19-17(13-16)8-12-20(24-2)21(19)22/h3-13H,1-2H3/b4-3+. The molecule has 0 heterocycles. The van der Waals surface area contributed by atoms with E-state index in [1.165, 1.54) is 6.92 Å². The van der Waals surface area contributed by atoms with Crippen molar-refractivity contribution in [2.75, 3.05) is 7.11 Å². The van der Waals surface area contributed by atoms with E-state index in [0.29, 0.717) is 5.75 Å². The van der Waals surface area contributed by atoms with E-state index in [4.69, 9.17) is 9.47 Å². The van der Waals surface area contributed by atoms with Crippen LogP contribution in [0.15, 0.2) is 59.1 Å². The van der Waals surface area contributed by atoms with Crippen molar-refractivity contribution < 1.29 is 14.3 Å². The molecule has 0 amide bonds. The van der Waals surface area contributed by atoms with Gasteiger partial charge in [0.25, 0.3) is 0 Å². The minimum absolute atomic E-state index is 0.317. The molecule has 0 bridgehead atoms. The van der Waals surface area contributed by atoms with Gasteiger partial charge in [0.15, 0.2) is 0 Å². The van der Waals surface area contributed by atoms with Gasteiger partial charge < -0.3 is 9.47 Å². The Hall–Kier alpha value is -2.59. The van der Waals surface area contributed by atoms with E-state index in [1.807, 2.05) is 30.3 Å². The molecule has 0 aromatic heterocycles. The Morgan fingerprint density at radius 1 is 0.960 bits per heavy atom. The van der Waals surface area contributed by atoms with Crippen LogP contribution in [0, 0.1) is 0 Å². The van der Waals surface area contributed by atoms with Crippen molar-refractivity contribution >= 4 is 44.8 Å². The zero-order valence-electron chi connectivity index (χ0n) is 14.0. The summed E-state index contributed by atoms with van der Waals surface area (Å²) in [7, 11) is 1.66. The van der Waals surface area contributed by atoms with Crippen LogP contribution in [0.25, 0.3) is 22.9 Å². The second-order valence-electron chi connectivity index (χ2n) is 5.56. The summed E-state index contributed by atoms with van der Waals surface area (Å²) in [6.45, 7) is 1.39. The number of halogens is 1. The number of methoxy groups -OCH3 is 1. The summed E-state index contributed by atoms with van der Waals surface area (Å²) in [5.74, 6) is 1.06. The molecule has 0 aliphatic rings. The van der Waals surface area contributed by atoms with Crippen molar-refractivity contribution in [3.8, 4) is 11.5 Å². The van der Waals surface area contributed by atoms with E-state index >= 15 is 0 Å². The van der Waals surface area contributed by atoms with Gasteiger partial charge >= 0.3 is 5.97 Å². The fraction of sp³-hybridized carbons (Fsp3) is 0.0952. The van der Waals surface area contributed by atoms with Gasteiger partial charge in [-0.25, -0.2) is 0 Å². The SMILES string of the molecule is COc1ccc2cc(/C=C/c3ccc(OC(C)=O)cc3)ccc2c1Br. The highest BCUT2D eigenvalue weighted by Crippen LogP contribution is 2.33. The van der Waals surface area contributed by atoms with E-state index in [9.17, 15) is 4.79 Å². The Balaban J connectivity index is 1.82. The van der Waals surface area contributed by atoms with Crippen LogP contribution < -0.4 is 9.47 Å². The smallest absolute Gasteiger partial charge is 0.308 e. The van der Waals surface area contributed by atoms with Gasteiger partial charge in [0.05, 0.1) is 11.6 Å². The summed E-state index contributed by atoms with van der Waals surface area (Å²) in [5, 5.41) is 2.25. The van der Waals surface area contributed by atoms with Crippen LogP contribution in [0.5, 0.6) is 11.5 Å². The third-order valence-electron chi connectivity index (χ3n) is 3.77. The molecule has 0 aliphatic heterocycles. The van der Waals surface area contributed by atoms with Crippen LogP contribution in [0.4, 0.5) is 0 Å². The minimum atomic E-state index is -0.317. The van der Waals surface area contributed by atoms with Gasteiger partial charge in [-0.2, -0.15) is 0 Å². The van der Waals surface area contributed by atoms with E-state index in [1.54, 1.807) is 19.2 Å². The molecule has 3 nitrogen and oxygen atoms in total. The number of rotatable bonds is 4. The number of carbonyl (C=O) groups is 1. The molecule has 0 fully saturated rings. The number of ether oxygens (including phenoxy) is 2. The van der Waals surface area contributed by atoms with Crippen molar-refractivity contribution in [3.05, 3.63) is 70.2 Å². The zero-order chi connectivity index (χ0) is 17.8. The number of fused-ring (bicyclic) bond motifs is 1. The molecular weight excluding hydrogens is 380 g/mol. The molecule has 3 aromatic rings. The van der Waals surface area contributed by atoms with Crippen molar-refractivity contribution in [1.29, 1.82) is 0 Å². The molecule has 0 aliphatic carbocycles. The van der Waals surface area contributed by atoms with Crippen LogP contribution in [-0.2, 0) is 4.79 Å². The predicted octanol–water partition coefficient (Wildman–Crippen LogP) is 5.71. The molecular formula is C21H17BrO3. The molecule has 0 radical (unpaired) electrons. The third kappa shape index (κ3) is 4.09. The fourth-order valence-electron chi connectivity index (χ4n) is 2.56. The Morgan fingerprint density at radius 2 is 1.64 bits per heavy atom. The number of hydrogen-bond donors (Lipinski definition) is 0. The van der Waals surface area contributed by atoms with Crippen LogP contribution >= 0.6 is 15.9 Å². The topological polar surface area (TPSA) is 35.5 Å². The molecule has 0 atom stereocenters. The Labute approximate surface area is 155 Å². The normalized spacial score (nSPS) is 11.0. The largest absolute Gasteiger partial charge is 0.496 e. The predicted molar refractivity (Wildman–Crippen MR) is 105 cm³/mol. The van der Waals surface area contributed by atoms with Gasteiger partial charge in [-0.3, -0.25) is 4.79 Å². The van der Waals surface area contributed by atoms with Crippen molar-refractivity contribution in [2.45, 2.75) is 6.92 Å². The highest BCUT2D eigenvalue weighted by atomic mass is 79.9. The van der Waals surface area contributed by atoms with Gasteiger partial charge in [0.2, 0.25) is 0 Å². The molecule has 3 aromatic carbocycles. The number of hydrogen-bond acceptors (Lipinski definition) is 3. The van der Waals surface area contributed by atoms with Gasteiger partial charge in [-0.1, -0.05) is 42.5 Å². The van der Waals surface area contributed by atoms with Gasteiger partial charge in [0, 0.05) is 6.92 Å². The summed E-state index contributed by atoms with van der Waals surface area (Å²) < 4.78 is 11.3. The van der Waals surface area contributed by atoms with Gasteiger partial charge in [-0.15, -0.1) is 0 Å². The Bertz CT molecular complexity index is 943. The van der Waals surface area contributed by atoms with E-state index < -0.39 is 0 Å². The summed E-state index contributed by atoms with van der Waals surface area (Å²) in [6, 6.07) is 17.7. The Kier molecular flexibility index (Phi) is 5.19. The molecule has 0 saturated carbocycles. The lowest BCUT2D eigenvalue weighted by molar-refractivity contribution is -0.131. The van der Waals surface area contributed by atoms with E-state index in [2.05, 4.69) is 40.2 Å². The first-order valence-corrected chi connectivity index (χ1v) is 8.59. The van der Waals surface area contributed by atoms with Crippen molar-refractivity contribution in [2.24, 2.45) is 0 Å². The first-order chi connectivity index (χ1) is 12.1. The quantitative estimate of drug-likeness (QED) is 0.322. The molecule has 25 heavy (non-hydrogen) atoms. The van der Waals surface area contributed by atoms with Crippen LogP contribution in [0.1, 0.15) is 18.1 Å². The van der Waals surface area contributed by atoms with E-state index in [-0.39, 0.29) is 5.97 Å². The maximum atomic E-state index is 10.9. The molecule has 4 heteroatoms. The van der Waals surface area contributed by atoms with Gasteiger partial charge in [-0.05, 0) is 62.1 Å². The monoisotopic (exact) mass is 396 g/mol. The zero-order valence-corrected chi connectivity index (χ0v) is 15.5. The van der Waals surface area contributed by atoms with Gasteiger partial charge in [0.1, 0.15) is 11.5 Å². The second kappa shape index (κ2) is 7.53. The maximum Gasteiger partial charge on any atom is 0.308 e. The highest BCUT2D eigenvalue weighted by molar-refractivity contribution is 9.10. The molecule has 0 unspecified atom stereocenters. The fourth-order valence-corrected chi connectivity index (χ4v) is 3.21. The summed E-state index contributed by atoms with van der Waals surface area (Å²) >= 11 is 3.59. The lowest BCUT2D eigenvalue weighted by Crippen LogP contribution is -2.00. The molecule has 0 N–H and O–H groups in total. The number of esters is 1. The summed E-state index contributed by atoms with van der Waals surface area (Å²) in [6.07, 6.45) is 4.08. The second-order valence-corrected chi connectivity index (χ2v) is 6.35. The highest BCUT2D eigenvalue weighted by Gasteiger charge is 2.05. The lowest BCUT2D eigenvalue weighted by Gasteiger charge is -2.07. The average molecular weight is 397 g/mol. The number of benzene rings is 3. The minimum Gasteiger partial charge on any atom is -0.496 e. The molecule has 3 rings (SSSR count). The molecule has 126 valence electrons. The lowest BCUT2D eigenvalue weighted by atomic mass is 10.1. The molecule has 0 spiro atoms. The van der Waals surface area contributed by atoms with Crippen LogP contribution in [0.3, 0.4) is 0 Å². The van der Waals surface area contributed by atoms with Crippen molar-refractivity contribution in [3.63, 3.8) is 0 Å². The summed E-state index contributed by atoms with van der Waals surface area (Å²) in [4.78, 5) is 10.9. The van der Waals surface area contributed by atoms with Crippen LogP contribution in [0.2, 0.25) is 0 Å². The van der Waals surface area contributed by atoms with Crippen LogP contribution in [-0.4, -0.2) is 13.1 Å². The third-order valence-corrected chi connectivity index (χ3v) is 4.59. The maximum absolute atomic E-state index is 10.9. The Morgan fingerprint density at radius 3 is 2.32 bits per heavy atom. The van der Waals surface area contributed by atoms with Crippen molar-refractivity contribution in [1.82, 2.24) is 0 Å².